The average Bonchev–Trinajstić information content (AvgIpc) is 2.40. The second-order valence-corrected chi connectivity index (χ2v) is 3.87. The topological polar surface area (TPSA) is 58.9 Å². The van der Waals surface area contributed by atoms with Crippen LogP contribution >= 0.6 is 23.2 Å². The summed E-state index contributed by atoms with van der Waals surface area (Å²) in [6.07, 6.45) is -1.33. The minimum absolute atomic E-state index is 0.138. The number of hydrogen-bond donors (Lipinski definition) is 2. The van der Waals surface area contributed by atoms with Gasteiger partial charge in [0, 0.05) is 0 Å². The summed E-state index contributed by atoms with van der Waals surface area (Å²) in [5.41, 5.74) is 0. The summed E-state index contributed by atoms with van der Waals surface area (Å²) in [5.74, 6) is 10.7. The maximum Gasteiger partial charge on any atom is 0.108 e. The molecule has 0 aromatic rings. The molecule has 0 aromatic carbocycles. The van der Waals surface area contributed by atoms with Crippen molar-refractivity contribution < 1.29 is 19.7 Å². The summed E-state index contributed by atoms with van der Waals surface area (Å²) in [7, 11) is 0. The van der Waals surface area contributed by atoms with Crippen LogP contribution in [0.3, 0.4) is 0 Å². The smallest absolute Gasteiger partial charge is 0.108 e. The first kappa shape index (κ1) is 17.5. The van der Waals surface area contributed by atoms with E-state index < -0.39 is 12.2 Å². The third kappa shape index (κ3) is 12.0. The Morgan fingerprint density at radius 3 is 1.56 bits per heavy atom. The Bertz CT molecular complexity index is 282. The van der Waals surface area contributed by atoms with Gasteiger partial charge in [0.1, 0.15) is 13.2 Å². The predicted molar refractivity (Wildman–Crippen MR) is 70.6 cm³/mol. The van der Waals surface area contributed by atoms with E-state index in [4.69, 9.17) is 42.9 Å². The Morgan fingerprint density at radius 1 is 0.833 bits per heavy atom. The monoisotopic (exact) mass is 294 g/mol. The molecular formula is C12H16Cl2O4. The van der Waals surface area contributed by atoms with Gasteiger partial charge in [-0.3, -0.25) is 0 Å². The van der Waals surface area contributed by atoms with Crippen LogP contribution in [-0.4, -0.2) is 60.6 Å². The van der Waals surface area contributed by atoms with E-state index in [1.807, 2.05) is 0 Å². The van der Waals surface area contributed by atoms with E-state index in [1.165, 1.54) is 0 Å². The van der Waals surface area contributed by atoms with Crippen LogP contribution in [0, 0.1) is 23.7 Å². The third-order valence-corrected chi connectivity index (χ3v) is 2.28. The van der Waals surface area contributed by atoms with Gasteiger partial charge in [-0.2, -0.15) is 0 Å². The normalized spacial score (nSPS) is 12.9. The predicted octanol–water partition coefficient (Wildman–Crippen LogP) is 0.226. The van der Waals surface area contributed by atoms with Gasteiger partial charge in [0.2, 0.25) is 0 Å². The number of aliphatic hydroxyl groups excluding tert-OH is 2. The van der Waals surface area contributed by atoms with Crippen LogP contribution in [0.15, 0.2) is 0 Å². The van der Waals surface area contributed by atoms with Crippen molar-refractivity contribution in [3.05, 3.63) is 0 Å². The van der Waals surface area contributed by atoms with Gasteiger partial charge in [-0.15, -0.1) is 23.2 Å². The lowest BCUT2D eigenvalue weighted by Gasteiger charge is -2.04. The summed E-state index contributed by atoms with van der Waals surface area (Å²) in [6.45, 7) is 0.693. The molecule has 0 fully saturated rings. The van der Waals surface area contributed by atoms with Crippen molar-refractivity contribution in [2.24, 2.45) is 0 Å². The molecule has 2 N–H and O–H groups in total. The summed E-state index contributed by atoms with van der Waals surface area (Å²) in [4.78, 5) is 0. The highest BCUT2D eigenvalue weighted by molar-refractivity contribution is 6.18. The van der Waals surface area contributed by atoms with E-state index in [9.17, 15) is 0 Å². The van der Waals surface area contributed by atoms with Crippen LogP contribution in [0.2, 0.25) is 0 Å². The number of ether oxygens (including phenoxy) is 2. The van der Waals surface area contributed by atoms with Gasteiger partial charge in [0.25, 0.3) is 0 Å². The van der Waals surface area contributed by atoms with Crippen molar-refractivity contribution in [1.82, 2.24) is 0 Å². The quantitative estimate of drug-likeness (QED) is 0.382. The van der Waals surface area contributed by atoms with Crippen LogP contribution in [0.5, 0.6) is 0 Å². The molecular weight excluding hydrogens is 279 g/mol. The highest BCUT2D eigenvalue weighted by atomic mass is 35.5. The molecule has 0 amide bonds. The molecule has 0 aliphatic carbocycles. The van der Waals surface area contributed by atoms with Crippen molar-refractivity contribution in [2.75, 3.05) is 38.2 Å². The Labute approximate surface area is 117 Å². The van der Waals surface area contributed by atoms with Crippen molar-refractivity contribution in [3.63, 3.8) is 0 Å². The molecule has 4 nitrogen and oxygen atoms in total. The van der Waals surface area contributed by atoms with E-state index in [1.54, 1.807) is 0 Å². The third-order valence-electron chi connectivity index (χ3n) is 1.56. The second kappa shape index (κ2) is 13.0. The van der Waals surface area contributed by atoms with Gasteiger partial charge in [0.15, 0.2) is 0 Å². The number of alkyl halides is 2. The van der Waals surface area contributed by atoms with E-state index >= 15 is 0 Å². The first-order valence-electron chi connectivity index (χ1n) is 5.30. The lowest BCUT2D eigenvalue weighted by molar-refractivity contribution is 0.0638. The Kier molecular flexibility index (Phi) is 12.7. The second-order valence-electron chi connectivity index (χ2n) is 3.25. The van der Waals surface area contributed by atoms with Crippen LogP contribution in [0.4, 0.5) is 0 Å². The molecule has 0 aromatic heterocycles. The molecule has 0 aliphatic heterocycles. The molecule has 18 heavy (non-hydrogen) atoms. The summed E-state index contributed by atoms with van der Waals surface area (Å²) >= 11 is 10.7. The maximum atomic E-state index is 9.04. The zero-order chi connectivity index (χ0) is 13.6. The van der Waals surface area contributed by atoms with Crippen LogP contribution in [-0.2, 0) is 9.47 Å². The molecule has 6 heteroatoms. The van der Waals surface area contributed by atoms with Gasteiger partial charge >= 0.3 is 0 Å². The van der Waals surface area contributed by atoms with Gasteiger partial charge in [-0.05, 0) is 11.8 Å². The number of hydrogen-bond acceptors (Lipinski definition) is 4. The van der Waals surface area contributed by atoms with Gasteiger partial charge in [0.05, 0.1) is 37.2 Å². The number of aliphatic hydroxyl groups is 2. The Hall–Kier alpha value is -0.460. The van der Waals surface area contributed by atoms with Crippen molar-refractivity contribution in [2.45, 2.75) is 12.2 Å². The van der Waals surface area contributed by atoms with E-state index in [0.717, 1.165) is 0 Å². The van der Waals surface area contributed by atoms with Crippen LogP contribution in [0.25, 0.3) is 0 Å². The number of rotatable bonds is 8. The Balaban J connectivity index is 3.47. The zero-order valence-electron chi connectivity index (χ0n) is 9.86. The summed E-state index contributed by atoms with van der Waals surface area (Å²) < 4.78 is 10.0. The van der Waals surface area contributed by atoms with E-state index in [2.05, 4.69) is 23.7 Å². The molecule has 102 valence electrons. The minimum Gasteiger partial charge on any atom is -0.389 e. The first-order valence-corrected chi connectivity index (χ1v) is 6.36. The fourth-order valence-corrected chi connectivity index (χ4v) is 0.920. The van der Waals surface area contributed by atoms with Crippen molar-refractivity contribution >= 4 is 23.2 Å². The largest absolute Gasteiger partial charge is 0.389 e. The van der Waals surface area contributed by atoms with Gasteiger partial charge < -0.3 is 19.7 Å². The molecule has 0 aliphatic rings. The standard InChI is InChI=1S/C12H16Cl2O4/c13-7-11(15)9-17-5-3-1-2-4-6-18-10-12(16)8-14/h11-12,15-16H,5-10H2/t11-,12-/m0/s1. The molecule has 0 unspecified atom stereocenters. The molecule has 2 atom stereocenters. The van der Waals surface area contributed by atoms with E-state index in [0.29, 0.717) is 0 Å². The SMILES string of the molecule is O[C@@H](CCl)COCC#CC#CCOC[C@@H](O)CCl. The molecule has 0 bridgehead atoms. The summed E-state index contributed by atoms with van der Waals surface area (Å²) in [6, 6.07) is 0. The highest BCUT2D eigenvalue weighted by Gasteiger charge is 1.99. The maximum absolute atomic E-state index is 9.04. The fraction of sp³-hybridized carbons (Fsp3) is 0.667. The van der Waals surface area contributed by atoms with Gasteiger partial charge in [-0.1, -0.05) is 11.8 Å². The molecule has 0 saturated carbocycles. The van der Waals surface area contributed by atoms with E-state index in [-0.39, 0.29) is 38.2 Å². The zero-order valence-corrected chi connectivity index (χ0v) is 11.4. The first-order chi connectivity index (χ1) is 8.70. The van der Waals surface area contributed by atoms with Gasteiger partial charge in [-0.25, -0.2) is 0 Å². The minimum atomic E-state index is -0.665. The van der Waals surface area contributed by atoms with Crippen molar-refractivity contribution in [3.8, 4) is 23.7 Å². The number of halogens is 2. The Morgan fingerprint density at radius 2 is 1.22 bits per heavy atom. The highest BCUT2D eigenvalue weighted by Crippen LogP contribution is 1.88. The summed E-state index contributed by atoms with van der Waals surface area (Å²) in [5, 5.41) is 18.1. The lowest BCUT2D eigenvalue weighted by atomic mass is 10.4. The lowest BCUT2D eigenvalue weighted by Crippen LogP contribution is -2.16. The average molecular weight is 295 g/mol. The molecule has 0 radical (unpaired) electrons. The van der Waals surface area contributed by atoms with Crippen LogP contribution in [0.1, 0.15) is 0 Å². The fourth-order valence-electron chi connectivity index (χ4n) is 0.742. The molecule has 0 rings (SSSR count). The van der Waals surface area contributed by atoms with Crippen molar-refractivity contribution in [1.29, 1.82) is 0 Å². The van der Waals surface area contributed by atoms with Crippen LogP contribution < -0.4 is 0 Å². The molecule has 0 heterocycles. The molecule has 0 saturated heterocycles. The molecule has 0 spiro atoms.